The van der Waals surface area contributed by atoms with Gasteiger partial charge < -0.3 is 11.1 Å². The van der Waals surface area contributed by atoms with Crippen LogP contribution in [0.3, 0.4) is 0 Å². The van der Waals surface area contributed by atoms with E-state index in [0.29, 0.717) is 30.8 Å². The summed E-state index contributed by atoms with van der Waals surface area (Å²) in [6, 6.07) is 6.26. The zero-order valence-corrected chi connectivity index (χ0v) is 14.1. The number of hydrogen-bond donors (Lipinski definition) is 2. The highest BCUT2D eigenvalue weighted by atomic mass is 32.2. The molecular weight excluding hydrogens is 322 g/mol. The molecule has 8 heteroatoms. The molecule has 0 aromatic heterocycles. The monoisotopic (exact) mass is 343 g/mol. The Hall–Kier alpha value is -1.25. The Morgan fingerprint density at radius 1 is 1.41 bits per heavy atom. The first-order chi connectivity index (χ1) is 10.4. The molecule has 1 saturated heterocycles. The number of thioether (sulfide) groups is 1. The van der Waals surface area contributed by atoms with Gasteiger partial charge in [-0.2, -0.15) is 11.8 Å². The van der Waals surface area contributed by atoms with E-state index in [9.17, 15) is 13.2 Å². The van der Waals surface area contributed by atoms with Crippen LogP contribution < -0.4 is 15.4 Å². The van der Waals surface area contributed by atoms with Gasteiger partial charge in [0.25, 0.3) is 0 Å². The van der Waals surface area contributed by atoms with Crippen LogP contribution in [0.5, 0.6) is 0 Å². The van der Waals surface area contributed by atoms with Crippen molar-refractivity contribution in [2.75, 3.05) is 33.9 Å². The number of nitrogens with two attached hydrogens (primary N) is 1. The van der Waals surface area contributed by atoms with E-state index in [4.69, 9.17) is 5.73 Å². The van der Waals surface area contributed by atoms with Crippen molar-refractivity contribution in [3.63, 3.8) is 0 Å². The number of nitrogens with one attached hydrogen (secondary N) is 1. The molecule has 0 spiro atoms. The van der Waals surface area contributed by atoms with Crippen molar-refractivity contribution in [1.82, 2.24) is 0 Å². The Balaban J connectivity index is 1.99. The molecule has 1 aromatic carbocycles. The molecule has 22 heavy (non-hydrogen) atoms. The van der Waals surface area contributed by atoms with Gasteiger partial charge in [-0.05, 0) is 49.1 Å². The second-order valence-corrected chi connectivity index (χ2v) is 8.16. The minimum Gasteiger partial charge on any atom is -0.325 e. The first-order valence-corrected chi connectivity index (χ1v) is 10.1. The number of rotatable bonds is 6. The molecule has 6 nitrogen and oxygen atoms in total. The van der Waals surface area contributed by atoms with E-state index in [-0.39, 0.29) is 11.7 Å². The molecular formula is C14H21N3O3S2. The third-order valence-corrected chi connectivity index (χ3v) is 6.01. The van der Waals surface area contributed by atoms with E-state index < -0.39 is 16.1 Å². The molecule has 1 aliphatic heterocycles. The molecule has 0 radical (unpaired) electrons. The lowest BCUT2D eigenvalue weighted by Gasteiger charge is -2.17. The number of hydrogen-bond acceptors (Lipinski definition) is 5. The van der Waals surface area contributed by atoms with E-state index >= 15 is 0 Å². The zero-order chi connectivity index (χ0) is 16.2. The molecule has 1 aliphatic rings. The first-order valence-electron chi connectivity index (χ1n) is 7.10. The lowest BCUT2D eigenvalue weighted by molar-refractivity contribution is -0.117. The fraction of sp³-hybridized carbons (Fsp3) is 0.500. The van der Waals surface area contributed by atoms with E-state index in [0.717, 1.165) is 5.75 Å². The highest BCUT2D eigenvalue weighted by molar-refractivity contribution is 7.98. The predicted molar refractivity (Wildman–Crippen MR) is 91.8 cm³/mol. The summed E-state index contributed by atoms with van der Waals surface area (Å²) in [7, 11) is -3.18. The number of sulfonamides is 1. The van der Waals surface area contributed by atoms with Crippen LogP contribution in [0.4, 0.5) is 11.4 Å². The van der Waals surface area contributed by atoms with Gasteiger partial charge in [-0.1, -0.05) is 0 Å². The van der Waals surface area contributed by atoms with Gasteiger partial charge in [0.2, 0.25) is 15.9 Å². The molecule has 0 saturated carbocycles. The SMILES string of the molecule is CSCCC(N)C(=O)Nc1ccc(N2CCCS2(=O)=O)cc1. The minimum atomic E-state index is -3.18. The second kappa shape index (κ2) is 7.34. The highest BCUT2D eigenvalue weighted by Gasteiger charge is 2.28. The van der Waals surface area contributed by atoms with Gasteiger partial charge in [-0.15, -0.1) is 0 Å². The second-order valence-electron chi connectivity index (χ2n) is 5.17. The molecule has 1 amide bonds. The number of carbonyl (C=O) groups excluding carboxylic acids is 1. The maximum atomic E-state index is 11.9. The summed E-state index contributed by atoms with van der Waals surface area (Å²) in [5.74, 6) is 0.798. The molecule has 3 N–H and O–H groups in total. The topological polar surface area (TPSA) is 92.5 Å². The van der Waals surface area contributed by atoms with E-state index in [1.54, 1.807) is 36.0 Å². The molecule has 1 fully saturated rings. The van der Waals surface area contributed by atoms with Crippen molar-refractivity contribution >= 4 is 39.1 Å². The van der Waals surface area contributed by atoms with Crippen molar-refractivity contribution in [3.8, 4) is 0 Å². The molecule has 1 atom stereocenters. The van der Waals surface area contributed by atoms with Crippen molar-refractivity contribution < 1.29 is 13.2 Å². The lowest BCUT2D eigenvalue weighted by Crippen LogP contribution is -2.36. The Morgan fingerprint density at radius 3 is 2.64 bits per heavy atom. The maximum Gasteiger partial charge on any atom is 0.241 e. The number of carbonyl (C=O) groups is 1. The first kappa shape index (κ1) is 17.1. The van der Waals surface area contributed by atoms with Crippen LogP contribution in [0.1, 0.15) is 12.8 Å². The van der Waals surface area contributed by atoms with Crippen LogP contribution in [0, 0.1) is 0 Å². The van der Waals surface area contributed by atoms with Crippen LogP contribution in [-0.2, 0) is 14.8 Å². The molecule has 1 heterocycles. The van der Waals surface area contributed by atoms with Crippen molar-refractivity contribution in [2.45, 2.75) is 18.9 Å². The smallest absolute Gasteiger partial charge is 0.241 e. The summed E-state index contributed by atoms with van der Waals surface area (Å²) in [6.45, 7) is 0.508. The molecule has 122 valence electrons. The van der Waals surface area contributed by atoms with E-state index in [1.807, 2.05) is 6.26 Å². The number of amides is 1. The summed E-state index contributed by atoms with van der Waals surface area (Å²) in [4.78, 5) is 11.9. The van der Waals surface area contributed by atoms with Crippen LogP contribution in [0.15, 0.2) is 24.3 Å². The molecule has 0 bridgehead atoms. The fourth-order valence-corrected chi connectivity index (χ4v) is 4.31. The van der Waals surface area contributed by atoms with Crippen molar-refractivity contribution in [1.29, 1.82) is 0 Å². The van der Waals surface area contributed by atoms with Gasteiger partial charge in [0.05, 0.1) is 17.5 Å². The van der Waals surface area contributed by atoms with Gasteiger partial charge in [-0.3, -0.25) is 9.10 Å². The lowest BCUT2D eigenvalue weighted by atomic mass is 10.2. The van der Waals surface area contributed by atoms with Gasteiger partial charge in [0.15, 0.2) is 0 Å². The highest BCUT2D eigenvalue weighted by Crippen LogP contribution is 2.25. The van der Waals surface area contributed by atoms with Crippen LogP contribution >= 0.6 is 11.8 Å². The van der Waals surface area contributed by atoms with Gasteiger partial charge >= 0.3 is 0 Å². The minimum absolute atomic E-state index is 0.190. The normalized spacial score (nSPS) is 18.2. The Labute approximate surface area is 135 Å². The fourth-order valence-electron chi connectivity index (χ4n) is 2.25. The Morgan fingerprint density at radius 2 is 2.09 bits per heavy atom. The molecule has 1 aromatic rings. The average molecular weight is 343 g/mol. The Kier molecular flexibility index (Phi) is 5.71. The van der Waals surface area contributed by atoms with Gasteiger partial charge in [0, 0.05) is 12.2 Å². The molecule has 1 unspecified atom stereocenters. The number of anilines is 2. The summed E-state index contributed by atoms with van der Waals surface area (Å²) in [6.07, 6.45) is 3.23. The van der Waals surface area contributed by atoms with Crippen molar-refractivity contribution in [3.05, 3.63) is 24.3 Å². The van der Waals surface area contributed by atoms with Crippen molar-refractivity contribution in [2.24, 2.45) is 5.73 Å². The number of benzene rings is 1. The van der Waals surface area contributed by atoms with Crippen LogP contribution in [0.25, 0.3) is 0 Å². The summed E-state index contributed by atoms with van der Waals surface area (Å²) in [5.41, 5.74) is 7.05. The predicted octanol–water partition coefficient (Wildman–Crippen LogP) is 1.25. The van der Waals surface area contributed by atoms with E-state index in [2.05, 4.69) is 5.32 Å². The third kappa shape index (κ3) is 4.15. The number of nitrogens with zero attached hydrogens (tertiary/aromatic N) is 1. The standard InChI is InChI=1S/C14H21N3O3S2/c1-21-9-7-13(15)14(18)16-11-3-5-12(6-4-11)17-8-2-10-22(17,19)20/h3-6,13H,2,7-10,15H2,1H3,(H,16,18). The quantitative estimate of drug-likeness (QED) is 0.811. The average Bonchev–Trinajstić information content (AvgIpc) is 2.85. The largest absolute Gasteiger partial charge is 0.325 e. The van der Waals surface area contributed by atoms with Crippen LogP contribution in [0.2, 0.25) is 0 Å². The summed E-state index contributed by atoms with van der Waals surface area (Å²) >= 11 is 1.65. The van der Waals surface area contributed by atoms with Gasteiger partial charge in [-0.25, -0.2) is 8.42 Å². The summed E-state index contributed by atoms with van der Waals surface area (Å²) in [5, 5.41) is 2.75. The van der Waals surface area contributed by atoms with Crippen LogP contribution in [-0.4, -0.2) is 44.7 Å². The molecule has 2 rings (SSSR count). The maximum absolute atomic E-state index is 11.9. The van der Waals surface area contributed by atoms with Gasteiger partial charge in [0.1, 0.15) is 0 Å². The zero-order valence-electron chi connectivity index (χ0n) is 12.5. The van der Waals surface area contributed by atoms with E-state index in [1.165, 1.54) is 4.31 Å². The molecule has 0 aliphatic carbocycles. The Bertz CT molecular complexity index is 617. The summed E-state index contributed by atoms with van der Waals surface area (Å²) < 4.78 is 25.1. The third-order valence-electron chi connectivity index (χ3n) is 3.49.